The Morgan fingerprint density at radius 2 is 2.28 bits per heavy atom. The summed E-state index contributed by atoms with van der Waals surface area (Å²) in [6, 6.07) is 4.98. The molecule has 1 saturated heterocycles. The third-order valence-electron chi connectivity index (χ3n) is 3.88. The number of aliphatic hydroxyl groups excluding tert-OH is 1. The van der Waals surface area contributed by atoms with Gasteiger partial charge in [0.15, 0.2) is 0 Å². The lowest BCUT2D eigenvalue weighted by Crippen LogP contribution is -2.35. The largest absolute Gasteiger partial charge is 0.394 e. The Morgan fingerprint density at radius 3 is 2.83 bits per heavy atom. The van der Waals surface area contributed by atoms with Crippen molar-refractivity contribution in [3.05, 3.63) is 29.6 Å². The molecular formula is C14H21FN2O. The van der Waals surface area contributed by atoms with Crippen LogP contribution in [0.2, 0.25) is 0 Å². The van der Waals surface area contributed by atoms with Gasteiger partial charge in [0.05, 0.1) is 18.3 Å². The zero-order valence-corrected chi connectivity index (χ0v) is 10.9. The normalized spacial score (nSPS) is 25.5. The van der Waals surface area contributed by atoms with Gasteiger partial charge in [-0.05, 0) is 37.0 Å². The molecule has 18 heavy (non-hydrogen) atoms. The minimum Gasteiger partial charge on any atom is -0.394 e. The molecule has 1 aromatic rings. The van der Waals surface area contributed by atoms with Crippen LogP contribution >= 0.6 is 0 Å². The van der Waals surface area contributed by atoms with Crippen LogP contribution in [0.5, 0.6) is 0 Å². The Bertz CT molecular complexity index is 422. The van der Waals surface area contributed by atoms with Gasteiger partial charge in [-0.25, -0.2) is 4.39 Å². The first kappa shape index (κ1) is 13.3. The van der Waals surface area contributed by atoms with Crippen LogP contribution in [0.1, 0.15) is 31.9 Å². The molecule has 0 amide bonds. The van der Waals surface area contributed by atoms with Crippen LogP contribution in [0.4, 0.5) is 10.1 Å². The van der Waals surface area contributed by atoms with Gasteiger partial charge >= 0.3 is 0 Å². The summed E-state index contributed by atoms with van der Waals surface area (Å²) in [6.07, 6.45) is 0.986. The summed E-state index contributed by atoms with van der Waals surface area (Å²) in [7, 11) is 0. The van der Waals surface area contributed by atoms with Crippen LogP contribution in [0.15, 0.2) is 18.2 Å². The molecule has 3 nitrogen and oxygen atoms in total. The average molecular weight is 252 g/mol. The highest BCUT2D eigenvalue weighted by atomic mass is 19.1. The second-order valence-electron chi connectivity index (χ2n) is 5.21. The molecule has 1 aliphatic heterocycles. The van der Waals surface area contributed by atoms with Gasteiger partial charge in [0.25, 0.3) is 0 Å². The zero-order valence-electron chi connectivity index (χ0n) is 10.9. The number of hydrogen-bond donors (Lipinski definition) is 2. The van der Waals surface area contributed by atoms with Crippen LogP contribution in [0.25, 0.3) is 0 Å². The van der Waals surface area contributed by atoms with E-state index >= 15 is 0 Å². The molecule has 3 atom stereocenters. The first-order valence-corrected chi connectivity index (χ1v) is 6.47. The van der Waals surface area contributed by atoms with Gasteiger partial charge in [0, 0.05) is 12.6 Å². The molecule has 1 aliphatic rings. The van der Waals surface area contributed by atoms with Crippen molar-refractivity contribution < 1.29 is 9.50 Å². The van der Waals surface area contributed by atoms with E-state index < -0.39 is 0 Å². The van der Waals surface area contributed by atoms with E-state index in [0.29, 0.717) is 11.6 Å². The summed E-state index contributed by atoms with van der Waals surface area (Å²) in [6.45, 7) is 4.79. The molecule has 1 heterocycles. The summed E-state index contributed by atoms with van der Waals surface area (Å²) in [5, 5.41) is 9.42. The number of nitrogens with two attached hydrogens (primary N) is 1. The molecule has 0 saturated carbocycles. The lowest BCUT2D eigenvalue weighted by atomic mass is 10.0. The Morgan fingerprint density at radius 1 is 1.56 bits per heavy atom. The Hall–Kier alpha value is -1.13. The first-order chi connectivity index (χ1) is 8.54. The van der Waals surface area contributed by atoms with Crippen molar-refractivity contribution in [2.75, 3.05) is 18.1 Å². The Kier molecular flexibility index (Phi) is 3.88. The molecule has 1 aromatic carbocycles. The number of aliphatic hydroxyl groups is 1. The SMILES string of the molecule is CC1CCN(c2ccc([C@@H](C)N)cc2F)C1CO. The maximum absolute atomic E-state index is 14.1. The van der Waals surface area contributed by atoms with Crippen LogP contribution in [0, 0.1) is 11.7 Å². The predicted octanol–water partition coefficient (Wildman–Crippen LogP) is 2.05. The second kappa shape index (κ2) is 5.24. The number of nitrogens with zero attached hydrogens (tertiary/aromatic N) is 1. The predicted molar refractivity (Wildman–Crippen MR) is 71.0 cm³/mol. The minimum atomic E-state index is -0.252. The number of hydrogen-bond acceptors (Lipinski definition) is 3. The molecule has 2 unspecified atom stereocenters. The standard InChI is InChI=1S/C14H21FN2O/c1-9-5-6-17(14(9)8-18)13-4-3-11(10(2)16)7-12(13)15/h3-4,7,9-10,14,18H,5-6,8,16H2,1-2H3/t9?,10-,14?/m1/s1. The van der Waals surface area contributed by atoms with Crippen molar-refractivity contribution in [3.63, 3.8) is 0 Å². The third kappa shape index (κ3) is 2.35. The van der Waals surface area contributed by atoms with Gasteiger partial charge in [0.2, 0.25) is 0 Å². The van der Waals surface area contributed by atoms with E-state index in [0.717, 1.165) is 18.5 Å². The molecular weight excluding hydrogens is 231 g/mol. The molecule has 3 N–H and O–H groups in total. The minimum absolute atomic E-state index is 0.0145. The first-order valence-electron chi connectivity index (χ1n) is 6.47. The number of halogens is 1. The highest BCUT2D eigenvalue weighted by molar-refractivity contribution is 5.51. The summed E-state index contributed by atoms with van der Waals surface area (Å²) >= 11 is 0. The highest BCUT2D eigenvalue weighted by Gasteiger charge is 2.32. The van der Waals surface area contributed by atoms with Crippen molar-refractivity contribution in [1.82, 2.24) is 0 Å². The molecule has 0 aliphatic carbocycles. The summed E-state index contributed by atoms with van der Waals surface area (Å²) in [4.78, 5) is 1.96. The molecule has 0 radical (unpaired) electrons. The maximum Gasteiger partial charge on any atom is 0.146 e. The lowest BCUT2D eigenvalue weighted by molar-refractivity contribution is 0.244. The van der Waals surface area contributed by atoms with Gasteiger partial charge in [0.1, 0.15) is 5.82 Å². The highest BCUT2D eigenvalue weighted by Crippen LogP contribution is 2.32. The van der Waals surface area contributed by atoms with E-state index in [9.17, 15) is 9.50 Å². The van der Waals surface area contributed by atoms with Crippen LogP contribution in [0.3, 0.4) is 0 Å². The van der Waals surface area contributed by atoms with E-state index in [4.69, 9.17) is 5.73 Å². The van der Waals surface area contributed by atoms with Gasteiger partial charge in [-0.1, -0.05) is 13.0 Å². The van der Waals surface area contributed by atoms with Crippen molar-refractivity contribution >= 4 is 5.69 Å². The molecule has 4 heteroatoms. The van der Waals surface area contributed by atoms with E-state index in [2.05, 4.69) is 6.92 Å². The van der Waals surface area contributed by atoms with E-state index in [1.165, 1.54) is 6.07 Å². The van der Waals surface area contributed by atoms with Crippen LogP contribution in [-0.4, -0.2) is 24.3 Å². The van der Waals surface area contributed by atoms with Crippen LogP contribution in [-0.2, 0) is 0 Å². The molecule has 1 fully saturated rings. The molecule has 2 rings (SSSR count). The monoisotopic (exact) mass is 252 g/mol. The quantitative estimate of drug-likeness (QED) is 0.865. The Balaban J connectivity index is 2.28. The average Bonchev–Trinajstić information content (AvgIpc) is 2.70. The summed E-state index contributed by atoms with van der Waals surface area (Å²) in [5.41, 5.74) is 7.11. The second-order valence-corrected chi connectivity index (χ2v) is 5.21. The van der Waals surface area contributed by atoms with E-state index in [-0.39, 0.29) is 24.5 Å². The van der Waals surface area contributed by atoms with E-state index in [1.54, 1.807) is 6.07 Å². The molecule has 0 spiro atoms. The third-order valence-corrected chi connectivity index (χ3v) is 3.88. The van der Waals surface area contributed by atoms with Gasteiger partial charge < -0.3 is 15.7 Å². The summed E-state index contributed by atoms with van der Waals surface area (Å²) in [5.74, 6) is 0.139. The van der Waals surface area contributed by atoms with E-state index in [1.807, 2.05) is 17.9 Å². The van der Waals surface area contributed by atoms with Gasteiger partial charge in [-0.15, -0.1) is 0 Å². The fourth-order valence-corrected chi connectivity index (χ4v) is 2.63. The molecule has 100 valence electrons. The molecule has 0 bridgehead atoms. The Labute approximate surface area is 107 Å². The van der Waals surface area contributed by atoms with Crippen molar-refractivity contribution in [2.24, 2.45) is 11.7 Å². The number of rotatable bonds is 3. The van der Waals surface area contributed by atoms with Crippen molar-refractivity contribution in [2.45, 2.75) is 32.4 Å². The molecule has 0 aromatic heterocycles. The summed E-state index contributed by atoms with van der Waals surface area (Å²) < 4.78 is 14.1. The zero-order chi connectivity index (χ0) is 13.3. The fourth-order valence-electron chi connectivity index (χ4n) is 2.63. The number of anilines is 1. The smallest absolute Gasteiger partial charge is 0.146 e. The van der Waals surface area contributed by atoms with Gasteiger partial charge in [-0.2, -0.15) is 0 Å². The number of benzene rings is 1. The maximum atomic E-state index is 14.1. The topological polar surface area (TPSA) is 49.5 Å². The fraction of sp³-hybridized carbons (Fsp3) is 0.571. The van der Waals surface area contributed by atoms with Crippen molar-refractivity contribution in [3.8, 4) is 0 Å². The lowest BCUT2D eigenvalue weighted by Gasteiger charge is -2.28. The van der Waals surface area contributed by atoms with Crippen molar-refractivity contribution in [1.29, 1.82) is 0 Å². The van der Waals surface area contributed by atoms with Gasteiger partial charge in [-0.3, -0.25) is 0 Å². The van der Waals surface area contributed by atoms with Crippen LogP contribution < -0.4 is 10.6 Å².